The minimum atomic E-state index is -0.377. The first-order valence-electron chi connectivity index (χ1n) is 8.65. The van der Waals surface area contributed by atoms with Crippen molar-refractivity contribution in [2.75, 3.05) is 0 Å². The summed E-state index contributed by atoms with van der Waals surface area (Å²) in [4.78, 5) is 16.7. The quantitative estimate of drug-likeness (QED) is 0.751. The molecule has 0 aliphatic carbocycles. The molecule has 0 fully saturated rings. The molecule has 5 nitrogen and oxygen atoms in total. The van der Waals surface area contributed by atoms with Gasteiger partial charge in [-0.25, -0.2) is 0 Å². The molecule has 2 aromatic carbocycles. The fourth-order valence-electron chi connectivity index (χ4n) is 2.58. The molecule has 0 aliphatic heterocycles. The van der Waals surface area contributed by atoms with Crippen LogP contribution in [0.3, 0.4) is 0 Å². The van der Waals surface area contributed by atoms with E-state index in [1.54, 1.807) is 12.1 Å². The lowest BCUT2D eigenvalue weighted by Gasteiger charge is -2.18. The van der Waals surface area contributed by atoms with E-state index in [-0.39, 0.29) is 17.4 Å². The van der Waals surface area contributed by atoms with E-state index < -0.39 is 0 Å². The van der Waals surface area contributed by atoms with Crippen molar-refractivity contribution in [3.05, 3.63) is 71.6 Å². The second-order valence-corrected chi connectivity index (χ2v) is 7.34. The third-order valence-electron chi connectivity index (χ3n) is 4.20. The van der Waals surface area contributed by atoms with E-state index in [9.17, 15) is 4.79 Å². The maximum atomic E-state index is 12.2. The van der Waals surface area contributed by atoms with Crippen molar-refractivity contribution in [2.45, 2.75) is 39.2 Å². The summed E-state index contributed by atoms with van der Waals surface area (Å²) >= 11 is 0. The lowest BCUT2D eigenvalue weighted by atomic mass is 9.87. The number of hydrogen-bond acceptors (Lipinski definition) is 4. The summed E-state index contributed by atoms with van der Waals surface area (Å²) in [6.07, 6.45) is 0. The van der Waals surface area contributed by atoms with E-state index in [4.69, 9.17) is 4.52 Å². The average Bonchev–Trinajstić information content (AvgIpc) is 3.12. The molecule has 5 heteroatoms. The Balaban J connectivity index is 1.72. The van der Waals surface area contributed by atoms with Crippen molar-refractivity contribution in [1.29, 1.82) is 0 Å². The summed E-state index contributed by atoms with van der Waals surface area (Å²) in [5.41, 5.74) is 2.82. The SMILES string of the molecule is C[C@@H](NC(=O)c1ccccc1)c1nc(-c2ccc(C(C)(C)C)cc2)no1. The van der Waals surface area contributed by atoms with Gasteiger partial charge in [-0.2, -0.15) is 4.98 Å². The van der Waals surface area contributed by atoms with Crippen molar-refractivity contribution >= 4 is 5.91 Å². The summed E-state index contributed by atoms with van der Waals surface area (Å²) in [5.74, 6) is 0.720. The normalized spacial score (nSPS) is 12.6. The minimum absolute atomic E-state index is 0.0944. The van der Waals surface area contributed by atoms with E-state index in [0.717, 1.165) is 5.56 Å². The van der Waals surface area contributed by atoms with Crippen LogP contribution in [0.2, 0.25) is 0 Å². The number of carbonyl (C=O) groups excluding carboxylic acids is 1. The van der Waals surface area contributed by atoms with Crippen LogP contribution in [-0.4, -0.2) is 16.0 Å². The summed E-state index contributed by atoms with van der Waals surface area (Å²) in [6.45, 7) is 8.34. The summed E-state index contributed by atoms with van der Waals surface area (Å²) in [5, 5.41) is 6.91. The second kappa shape index (κ2) is 7.12. The minimum Gasteiger partial charge on any atom is -0.341 e. The number of rotatable bonds is 4. The highest BCUT2D eigenvalue weighted by Gasteiger charge is 2.19. The van der Waals surface area contributed by atoms with E-state index in [1.165, 1.54) is 5.56 Å². The molecule has 0 aliphatic rings. The van der Waals surface area contributed by atoms with E-state index >= 15 is 0 Å². The van der Waals surface area contributed by atoms with Gasteiger partial charge in [0, 0.05) is 11.1 Å². The highest BCUT2D eigenvalue weighted by atomic mass is 16.5. The van der Waals surface area contributed by atoms with Gasteiger partial charge in [0.2, 0.25) is 11.7 Å². The van der Waals surface area contributed by atoms with Crippen molar-refractivity contribution < 1.29 is 9.32 Å². The molecule has 0 saturated heterocycles. The predicted octanol–water partition coefficient (Wildman–Crippen LogP) is 4.53. The molecule has 3 aromatic rings. The lowest BCUT2D eigenvalue weighted by molar-refractivity contribution is 0.0932. The smallest absolute Gasteiger partial charge is 0.251 e. The van der Waals surface area contributed by atoms with Gasteiger partial charge in [-0.15, -0.1) is 0 Å². The van der Waals surface area contributed by atoms with Crippen LogP contribution >= 0.6 is 0 Å². The van der Waals surface area contributed by atoms with Crippen LogP contribution in [0, 0.1) is 0 Å². The topological polar surface area (TPSA) is 68.0 Å². The highest BCUT2D eigenvalue weighted by Crippen LogP contribution is 2.25. The van der Waals surface area contributed by atoms with Crippen LogP contribution in [0.4, 0.5) is 0 Å². The van der Waals surface area contributed by atoms with Gasteiger partial charge in [-0.3, -0.25) is 4.79 Å². The molecule has 0 radical (unpaired) electrons. The van der Waals surface area contributed by atoms with Crippen LogP contribution in [-0.2, 0) is 5.41 Å². The Morgan fingerprint density at radius 1 is 1.04 bits per heavy atom. The molecule has 0 saturated carbocycles. The fourth-order valence-corrected chi connectivity index (χ4v) is 2.58. The monoisotopic (exact) mass is 349 g/mol. The zero-order chi connectivity index (χ0) is 18.7. The Hall–Kier alpha value is -2.95. The molecular formula is C21H23N3O2. The van der Waals surface area contributed by atoms with Gasteiger partial charge in [0.1, 0.15) is 6.04 Å². The third-order valence-corrected chi connectivity index (χ3v) is 4.20. The standard InChI is InChI=1S/C21H23N3O2/c1-14(22-19(25)16-8-6-5-7-9-16)20-23-18(24-26-20)15-10-12-17(13-11-15)21(2,3)4/h5-14H,1-4H3,(H,22,25)/t14-/m1/s1. The number of hydrogen-bond donors (Lipinski definition) is 1. The Morgan fingerprint density at radius 2 is 1.69 bits per heavy atom. The molecule has 1 heterocycles. The molecule has 0 bridgehead atoms. The molecule has 0 unspecified atom stereocenters. The van der Waals surface area contributed by atoms with Gasteiger partial charge in [0.25, 0.3) is 5.91 Å². The van der Waals surface area contributed by atoms with Crippen LogP contribution < -0.4 is 5.32 Å². The zero-order valence-electron chi connectivity index (χ0n) is 15.5. The summed E-state index contributed by atoms with van der Waals surface area (Å²) in [7, 11) is 0. The summed E-state index contributed by atoms with van der Waals surface area (Å²) in [6, 6.07) is 16.8. The first-order chi connectivity index (χ1) is 12.3. The van der Waals surface area contributed by atoms with Gasteiger partial charge in [-0.1, -0.05) is 68.4 Å². The maximum Gasteiger partial charge on any atom is 0.251 e. The van der Waals surface area contributed by atoms with Crippen LogP contribution in [0.5, 0.6) is 0 Å². The summed E-state index contributed by atoms with van der Waals surface area (Å²) < 4.78 is 5.34. The van der Waals surface area contributed by atoms with Crippen LogP contribution in [0.1, 0.15) is 55.5 Å². The number of aromatic nitrogens is 2. The number of carbonyl (C=O) groups is 1. The number of nitrogens with zero attached hydrogens (tertiary/aromatic N) is 2. The number of benzene rings is 2. The first-order valence-corrected chi connectivity index (χ1v) is 8.65. The molecule has 0 spiro atoms. The molecular weight excluding hydrogens is 326 g/mol. The first kappa shape index (κ1) is 17.9. The number of amides is 1. The van der Waals surface area contributed by atoms with Gasteiger partial charge in [0.15, 0.2) is 0 Å². The average molecular weight is 349 g/mol. The molecule has 1 atom stereocenters. The molecule has 3 rings (SSSR count). The predicted molar refractivity (Wildman–Crippen MR) is 101 cm³/mol. The van der Waals surface area contributed by atoms with Crippen molar-refractivity contribution in [3.63, 3.8) is 0 Å². The lowest BCUT2D eigenvalue weighted by Crippen LogP contribution is -2.26. The van der Waals surface area contributed by atoms with Gasteiger partial charge >= 0.3 is 0 Å². The molecule has 1 amide bonds. The Bertz CT molecular complexity index is 878. The maximum absolute atomic E-state index is 12.2. The van der Waals surface area contributed by atoms with Crippen LogP contribution in [0.15, 0.2) is 59.1 Å². The third kappa shape index (κ3) is 3.99. The molecule has 1 N–H and O–H groups in total. The largest absolute Gasteiger partial charge is 0.341 e. The number of nitrogens with one attached hydrogen (secondary N) is 1. The molecule has 134 valence electrons. The Morgan fingerprint density at radius 3 is 2.31 bits per heavy atom. The van der Waals surface area contributed by atoms with Crippen molar-refractivity contribution in [3.8, 4) is 11.4 Å². The zero-order valence-corrected chi connectivity index (χ0v) is 15.5. The van der Waals surface area contributed by atoms with E-state index in [0.29, 0.717) is 17.3 Å². The van der Waals surface area contributed by atoms with Crippen molar-refractivity contribution in [2.24, 2.45) is 0 Å². The molecule has 26 heavy (non-hydrogen) atoms. The van der Waals surface area contributed by atoms with E-state index in [2.05, 4.69) is 48.4 Å². The molecule has 1 aromatic heterocycles. The fraction of sp³-hybridized carbons (Fsp3) is 0.286. The van der Waals surface area contributed by atoms with Crippen molar-refractivity contribution in [1.82, 2.24) is 15.5 Å². The highest BCUT2D eigenvalue weighted by molar-refractivity contribution is 5.94. The van der Waals surface area contributed by atoms with Gasteiger partial charge < -0.3 is 9.84 Å². The second-order valence-electron chi connectivity index (χ2n) is 7.34. The van der Waals surface area contributed by atoms with Gasteiger partial charge in [-0.05, 0) is 30.0 Å². The van der Waals surface area contributed by atoms with Crippen LogP contribution in [0.25, 0.3) is 11.4 Å². The Labute approximate surface area is 153 Å². The van der Waals surface area contributed by atoms with Gasteiger partial charge in [0.05, 0.1) is 0 Å². The Kier molecular flexibility index (Phi) is 4.89. The van der Waals surface area contributed by atoms with E-state index in [1.807, 2.05) is 37.3 Å².